The minimum atomic E-state index is -1.12. The van der Waals surface area contributed by atoms with E-state index >= 15 is 0 Å². The summed E-state index contributed by atoms with van der Waals surface area (Å²) in [6.07, 6.45) is 0. The Hall–Kier alpha value is -2.23. The van der Waals surface area contributed by atoms with Gasteiger partial charge in [0.05, 0.1) is 6.54 Å². The average molecular weight is 318 g/mol. The average Bonchev–Trinajstić information content (AvgIpc) is 2.72. The first kappa shape index (κ1) is 18.8. The second kappa shape index (κ2) is 8.84. The van der Waals surface area contributed by atoms with Gasteiger partial charge in [0.15, 0.2) is 5.11 Å². The lowest BCUT2D eigenvalue weighted by atomic mass is 10.2. The van der Waals surface area contributed by atoms with Crippen molar-refractivity contribution in [2.75, 3.05) is 6.54 Å². The summed E-state index contributed by atoms with van der Waals surface area (Å²) in [5.41, 5.74) is 0. The number of aliphatic carboxylic acids is 1. The van der Waals surface area contributed by atoms with Gasteiger partial charge >= 0.3 is 5.97 Å². The fourth-order valence-corrected chi connectivity index (χ4v) is 1.33. The number of carboxylic acid groups (broad SMARTS) is 1. The Bertz CT molecular complexity index is 440. The Morgan fingerprint density at radius 2 is 1.81 bits per heavy atom. The van der Waals surface area contributed by atoms with Crippen molar-refractivity contribution in [1.82, 2.24) is 21.3 Å². The SMILES string of the molecule is CC(=O)N[C@@H](C)C(=O)N[C@@H](C)C(=O)O.O=C1CNC(=S)N1. The first-order chi connectivity index (χ1) is 9.63. The maximum atomic E-state index is 11.2. The molecule has 1 aliphatic heterocycles. The van der Waals surface area contributed by atoms with Gasteiger partial charge in [-0.1, -0.05) is 0 Å². The van der Waals surface area contributed by atoms with Crippen molar-refractivity contribution in [2.45, 2.75) is 32.9 Å². The van der Waals surface area contributed by atoms with Crippen LogP contribution < -0.4 is 21.3 Å². The van der Waals surface area contributed by atoms with Crippen molar-refractivity contribution in [3.63, 3.8) is 0 Å². The van der Waals surface area contributed by atoms with Crippen LogP contribution in [0.15, 0.2) is 0 Å². The van der Waals surface area contributed by atoms with Gasteiger partial charge in [0.1, 0.15) is 12.1 Å². The number of nitrogens with one attached hydrogen (secondary N) is 4. The molecule has 0 aromatic carbocycles. The highest BCUT2D eigenvalue weighted by atomic mass is 32.1. The molecule has 0 aliphatic carbocycles. The maximum Gasteiger partial charge on any atom is 0.325 e. The lowest BCUT2D eigenvalue weighted by Gasteiger charge is -2.14. The van der Waals surface area contributed by atoms with Crippen LogP contribution in [0.4, 0.5) is 0 Å². The zero-order valence-corrected chi connectivity index (χ0v) is 12.7. The quantitative estimate of drug-likeness (QED) is 0.381. The van der Waals surface area contributed by atoms with E-state index in [0.29, 0.717) is 11.7 Å². The van der Waals surface area contributed by atoms with E-state index in [9.17, 15) is 19.2 Å². The number of hydrogen-bond donors (Lipinski definition) is 5. The zero-order valence-electron chi connectivity index (χ0n) is 11.9. The molecule has 0 aromatic rings. The molecule has 0 unspecified atom stereocenters. The van der Waals surface area contributed by atoms with Crippen LogP contribution in [0.3, 0.4) is 0 Å². The van der Waals surface area contributed by atoms with E-state index in [2.05, 4.69) is 33.5 Å². The summed E-state index contributed by atoms with van der Waals surface area (Å²) in [7, 11) is 0. The second-order valence-corrected chi connectivity index (χ2v) is 4.63. The van der Waals surface area contributed by atoms with Crippen molar-refractivity contribution in [3.8, 4) is 0 Å². The Balaban J connectivity index is 0.000000471. The van der Waals surface area contributed by atoms with Gasteiger partial charge in [0.25, 0.3) is 0 Å². The van der Waals surface area contributed by atoms with Gasteiger partial charge in [0.2, 0.25) is 17.7 Å². The molecule has 9 nitrogen and oxygen atoms in total. The van der Waals surface area contributed by atoms with Crippen molar-refractivity contribution in [2.24, 2.45) is 0 Å². The number of hydrogen-bond acceptors (Lipinski definition) is 5. The van der Waals surface area contributed by atoms with Crippen molar-refractivity contribution < 1.29 is 24.3 Å². The molecule has 1 heterocycles. The summed E-state index contributed by atoms with van der Waals surface area (Å²) in [4.78, 5) is 42.3. The van der Waals surface area contributed by atoms with E-state index in [4.69, 9.17) is 5.11 Å². The predicted octanol–water partition coefficient (Wildman–Crippen LogP) is -1.91. The monoisotopic (exact) mass is 318 g/mol. The predicted molar refractivity (Wildman–Crippen MR) is 77.3 cm³/mol. The molecule has 0 radical (unpaired) electrons. The number of carbonyl (C=O) groups excluding carboxylic acids is 3. The van der Waals surface area contributed by atoms with Gasteiger partial charge in [-0.2, -0.15) is 0 Å². The molecule has 10 heteroatoms. The Labute approximate surface area is 126 Å². The van der Waals surface area contributed by atoms with E-state index < -0.39 is 24.0 Å². The Morgan fingerprint density at radius 3 is 2.10 bits per heavy atom. The molecule has 5 N–H and O–H groups in total. The molecule has 0 spiro atoms. The van der Waals surface area contributed by atoms with Gasteiger partial charge in [0, 0.05) is 6.92 Å². The normalized spacial score (nSPS) is 15.6. The summed E-state index contributed by atoms with van der Waals surface area (Å²) in [5, 5.41) is 18.5. The molecular formula is C11H18N4O5S. The molecule has 0 saturated carbocycles. The van der Waals surface area contributed by atoms with Gasteiger partial charge < -0.3 is 26.4 Å². The smallest absolute Gasteiger partial charge is 0.325 e. The molecule has 1 aliphatic rings. The number of rotatable bonds is 4. The van der Waals surface area contributed by atoms with Gasteiger partial charge in [-0.05, 0) is 26.1 Å². The van der Waals surface area contributed by atoms with Gasteiger partial charge in [-0.15, -0.1) is 0 Å². The molecule has 0 aromatic heterocycles. The second-order valence-electron chi connectivity index (χ2n) is 4.22. The minimum absolute atomic E-state index is 0.0509. The van der Waals surface area contributed by atoms with Crippen LogP contribution >= 0.6 is 12.2 Å². The molecule has 21 heavy (non-hydrogen) atoms. The molecule has 2 atom stereocenters. The van der Waals surface area contributed by atoms with Crippen molar-refractivity contribution >= 4 is 41.0 Å². The number of carbonyl (C=O) groups is 4. The molecular weight excluding hydrogens is 300 g/mol. The number of carboxylic acids is 1. The van der Waals surface area contributed by atoms with Crippen LogP contribution in [0.25, 0.3) is 0 Å². The van der Waals surface area contributed by atoms with E-state index in [1.54, 1.807) is 0 Å². The van der Waals surface area contributed by atoms with Gasteiger partial charge in [-0.3, -0.25) is 19.2 Å². The molecule has 1 fully saturated rings. The molecule has 3 amide bonds. The van der Waals surface area contributed by atoms with Crippen LogP contribution in [-0.4, -0.2) is 52.5 Å². The van der Waals surface area contributed by atoms with Gasteiger partial charge in [-0.25, -0.2) is 0 Å². The highest BCUT2D eigenvalue weighted by Crippen LogP contribution is 1.86. The Kier molecular flexibility index (Phi) is 7.91. The van der Waals surface area contributed by atoms with Crippen LogP contribution in [0.2, 0.25) is 0 Å². The lowest BCUT2D eigenvalue weighted by Crippen LogP contribution is -2.48. The zero-order chi connectivity index (χ0) is 16.6. The van der Waals surface area contributed by atoms with E-state index in [-0.39, 0.29) is 11.8 Å². The third kappa shape index (κ3) is 8.52. The fourth-order valence-electron chi connectivity index (χ4n) is 1.15. The fraction of sp³-hybridized carbons (Fsp3) is 0.545. The topological polar surface area (TPSA) is 137 Å². The summed E-state index contributed by atoms with van der Waals surface area (Å²) in [6.45, 7) is 4.44. The molecule has 118 valence electrons. The summed E-state index contributed by atoms with van der Waals surface area (Å²) in [6, 6.07) is -1.69. The van der Waals surface area contributed by atoms with Crippen molar-refractivity contribution in [3.05, 3.63) is 0 Å². The number of thiocarbonyl (C=S) groups is 1. The highest BCUT2D eigenvalue weighted by Gasteiger charge is 2.19. The van der Waals surface area contributed by atoms with E-state index in [0.717, 1.165) is 0 Å². The first-order valence-corrected chi connectivity index (χ1v) is 6.42. The van der Waals surface area contributed by atoms with Crippen LogP contribution in [0.1, 0.15) is 20.8 Å². The van der Waals surface area contributed by atoms with E-state index in [1.165, 1.54) is 20.8 Å². The number of amides is 3. The Morgan fingerprint density at radius 1 is 1.24 bits per heavy atom. The highest BCUT2D eigenvalue weighted by molar-refractivity contribution is 7.80. The minimum Gasteiger partial charge on any atom is -0.480 e. The van der Waals surface area contributed by atoms with E-state index in [1.807, 2.05) is 0 Å². The largest absolute Gasteiger partial charge is 0.480 e. The molecule has 0 bridgehead atoms. The standard InChI is InChI=1S/C8H14N2O4.C3H4N2OS/c1-4(9-6(3)11)7(12)10-5(2)8(13)14;6-2-1-4-3(7)5-2/h4-5H,1-3H3,(H,9,11)(H,10,12)(H,13,14);1H2,(H2,4,5,6,7)/t4-,5-;/m0./s1. The molecule has 1 saturated heterocycles. The summed E-state index contributed by atoms with van der Waals surface area (Å²) < 4.78 is 0. The van der Waals surface area contributed by atoms with Crippen molar-refractivity contribution in [1.29, 1.82) is 0 Å². The summed E-state index contributed by atoms with van der Waals surface area (Å²) in [5.74, 6) is -2.02. The first-order valence-electron chi connectivity index (χ1n) is 6.01. The molecule has 1 rings (SSSR count). The van der Waals surface area contributed by atoms with Crippen LogP contribution in [0.5, 0.6) is 0 Å². The third-order valence-corrected chi connectivity index (χ3v) is 2.45. The van der Waals surface area contributed by atoms with Crippen LogP contribution in [0, 0.1) is 0 Å². The third-order valence-electron chi connectivity index (χ3n) is 2.20. The van der Waals surface area contributed by atoms with Crippen LogP contribution in [-0.2, 0) is 19.2 Å². The lowest BCUT2D eigenvalue weighted by molar-refractivity contribution is -0.141. The summed E-state index contributed by atoms with van der Waals surface area (Å²) >= 11 is 4.55. The maximum absolute atomic E-state index is 11.2.